The van der Waals surface area contributed by atoms with Crippen LogP contribution in [0.4, 0.5) is 10.1 Å². The van der Waals surface area contributed by atoms with Crippen LogP contribution in [0.2, 0.25) is 5.02 Å². The van der Waals surface area contributed by atoms with Crippen LogP contribution in [0.1, 0.15) is 13.3 Å². The first-order valence-electron chi connectivity index (χ1n) is 10.0. The molecule has 32 heavy (non-hydrogen) atoms. The number of fused-ring (bicyclic) bond motifs is 1. The van der Waals surface area contributed by atoms with Gasteiger partial charge in [0.1, 0.15) is 24.2 Å². The summed E-state index contributed by atoms with van der Waals surface area (Å²) in [5.41, 5.74) is 0.119. The molecule has 1 amide bonds. The second-order valence-electron chi connectivity index (χ2n) is 7.23. The predicted octanol–water partition coefficient (Wildman–Crippen LogP) is 4.37. The van der Waals surface area contributed by atoms with Crippen LogP contribution in [0.15, 0.2) is 60.7 Å². The molecular formula is C23H24ClFN2O4S. The fraction of sp³-hybridized carbons (Fsp3) is 0.261. The van der Waals surface area contributed by atoms with Gasteiger partial charge in [0, 0.05) is 0 Å². The molecule has 3 rings (SSSR count). The summed E-state index contributed by atoms with van der Waals surface area (Å²) in [5, 5.41) is 4.63. The molecule has 0 bridgehead atoms. The topological polar surface area (TPSA) is 75.7 Å². The summed E-state index contributed by atoms with van der Waals surface area (Å²) in [6.45, 7) is 2.09. The molecule has 0 aliphatic rings. The Morgan fingerprint density at radius 1 is 1.12 bits per heavy atom. The lowest BCUT2D eigenvalue weighted by atomic mass is 10.1. The number of anilines is 1. The molecule has 1 N–H and O–H groups in total. The molecule has 0 aromatic heterocycles. The summed E-state index contributed by atoms with van der Waals surface area (Å²) in [4.78, 5) is 12.8. The number of rotatable bonds is 9. The molecule has 1 unspecified atom stereocenters. The zero-order valence-electron chi connectivity index (χ0n) is 17.7. The fourth-order valence-corrected chi connectivity index (χ4v) is 4.78. The third-order valence-corrected chi connectivity index (χ3v) is 6.35. The standard InChI is InChI=1S/C23H24ClFN2O4S/c1-3-22(27(32(2,29)30)18-9-11-21(25)20(24)15-18)23(28)26-12-13-31-19-10-8-16-6-4-5-7-17(16)14-19/h4-11,14-15,22H,3,12-13H2,1-2H3,(H,26,28). The summed E-state index contributed by atoms with van der Waals surface area (Å²) >= 11 is 5.82. The molecule has 170 valence electrons. The van der Waals surface area contributed by atoms with Crippen molar-refractivity contribution < 1.29 is 22.3 Å². The van der Waals surface area contributed by atoms with Crippen LogP contribution in [0.25, 0.3) is 10.8 Å². The molecule has 0 spiro atoms. The molecule has 0 saturated heterocycles. The average molecular weight is 479 g/mol. The van der Waals surface area contributed by atoms with Gasteiger partial charge in [-0.05, 0) is 47.5 Å². The quantitative estimate of drug-likeness (QED) is 0.463. The molecular weight excluding hydrogens is 455 g/mol. The van der Waals surface area contributed by atoms with E-state index in [-0.39, 0.29) is 30.3 Å². The van der Waals surface area contributed by atoms with E-state index in [1.807, 2.05) is 42.5 Å². The lowest BCUT2D eigenvalue weighted by molar-refractivity contribution is -0.122. The Morgan fingerprint density at radius 3 is 2.50 bits per heavy atom. The highest BCUT2D eigenvalue weighted by atomic mass is 35.5. The zero-order chi connectivity index (χ0) is 23.3. The maximum atomic E-state index is 13.5. The Balaban J connectivity index is 1.65. The van der Waals surface area contributed by atoms with Gasteiger partial charge in [0.05, 0.1) is 23.5 Å². The van der Waals surface area contributed by atoms with Gasteiger partial charge in [-0.2, -0.15) is 0 Å². The SMILES string of the molecule is CCC(C(=O)NCCOc1ccc2ccccc2c1)N(c1ccc(F)c(Cl)c1)S(C)(=O)=O. The van der Waals surface area contributed by atoms with Crippen LogP contribution >= 0.6 is 11.6 Å². The van der Waals surface area contributed by atoms with Crippen molar-refractivity contribution in [3.05, 3.63) is 71.5 Å². The average Bonchev–Trinajstić information content (AvgIpc) is 2.76. The Kier molecular flexibility index (Phi) is 7.58. The zero-order valence-corrected chi connectivity index (χ0v) is 19.3. The summed E-state index contributed by atoms with van der Waals surface area (Å²) in [5.74, 6) is -0.489. The van der Waals surface area contributed by atoms with Crippen molar-refractivity contribution in [1.82, 2.24) is 5.32 Å². The van der Waals surface area contributed by atoms with Crippen LogP contribution in [-0.2, 0) is 14.8 Å². The third-order valence-electron chi connectivity index (χ3n) is 4.88. The van der Waals surface area contributed by atoms with Crippen LogP contribution in [0.3, 0.4) is 0 Å². The lowest BCUT2D eigenvalue weighted by Crippen LogP contribution is -2.50. The second kappa shape index (κ2) is 10.2. The number of carbonyl (C=O) groups excluding carboxylic acids is 1. The van der Waals surface area contributed by atoms with Crippen LogP contribution < -0.4 is 14.4 Å². The maximum Gasteiger partial charge on any atom is 0.244 e. The van der Waals surface area contributed by atoms with Crippen molar-refractivity contribution in [2.75, 3.05) is 23.7 Å². The first-order valence-corrected chi connectivity index (χ1v) is 12.3. The normalized spacial score (nSPS) is 12.4. The smallest absolute Gasteiger partial charge is 0.244 e. The Hall–Kier alpha value is -2.84. The van der Waals surface area contributed by atoms with Gasteiger partial charge in [0.2, 0.25) is 15.9 Å². The monoisotopic (exact) mass is 478 g/mol. The molecule has 9 heteroatoms. The number of amides is 1. The highest BCUT2D eigenvalue weighted by molar-refractivity contribution is 7.92. The summed E-state index contributed by atoms with van der Waals surface area (Å²) < 4.78 is 45.1. The van der Waals surface area contributed by atoms with E-state index in [2.05, 4.69) is 5.32 Å². The minimum absolute atomic E-state index is 0.119. The van der Waals surface area contributed by atoms with Gasteiger partial charge >= 0.3 is 0 Å². The number of carbonyl (C=O) groups is 1. The molecule has 0 heterocycles. The molecule has 3 aromatic carbocycles. The first kappa shape index (κ1) is 23.8. The largest absolute Gasteiger partial charge is 0.492 e. The lowest BCUT2D eigenvalue weighted by Gasteiger charge is -2.30. The van der Waals surface area contributed by atoms with Gasteiger partial charge in [-0.25, -0.2) is 12.8 Å². The van der Waals surface area contributed by atoms with Gasteiger partial charge in [0.25, 0.3) is 0 Å². The van der Waals surface area contributed by atoms with E-state index in [0.29, 0.717) is 5.75 Å². The number of hydrogen-bond donors (Lipinski definition) is 1. The van der Waals surface area contributed by atoms with E-state index in [1.165, 1.54) is 12.1 Å². The Bertz CT molecular complexity index is 1220. The molecule has 0 aliphatic carbocycles. The van der Waals surface area contributed by atoms with E-state index >= 15 is 0 Å². The van der Waals surface area contributed by atoms with Crippen molar-refractivity contribution in [2.45, 2.75) is 19.4 Å². The van der Waals surface area contributed by atoms with E-state index in [4.69, 9.17) is 16.3 Å². The van der Waals surface area contributed by atoms with Gasteiger partial charge in [-0.1, -0.05) is 48.9 Å². The molecule has 0 aliphatic heterocycles. The Morgan fingerprint density at radius 2 is 1.84 bits per heavy atom. The van der Waals surface area contributed by atoms with E-state index < -0.39 is 27.8 Å². The van der Waals surface area contributed by atoms with Crippen molar-refractivity contribution >= 4 is 44.0 Å². The van der Waals surface area contributed by atoms with E-state index in [0.717, 1.165) is 27.4 Å². The summed E-state index contributed by atoms with van der Waals surface area (Å²) in [6, 6.07) is 16.1. The van der Waals surface area contributed by atoms with Crippen LogP contribution in [0.5, 0.6) is 5.75 Å². The van der Waals surface area contributed by atoms with E-state index in [1.54, 1.807) is 6.92 Å². The minimum atomic E-state index is -3.84. The first-order chi connectivity index (χ1) is 15.2. The Labute approximate surface area is 192 Å². The van der Waals surface area contributed by atoms with Gasteiger partial charge in [-0.3, -0.25) is 9.10 Å². The predicted molar refractivity (Wildman–Crippen MR) is 125 cm³/mol. The maximum absolute atomic E-state index is 13.5. The number of benzene rings is 3. The number of sulfonamides is 1. The van der Waals surface area contributed by atoms with Gasteiger partial charge in [-0.15, -0.1) is 0 Å². The van der Waals surface area contributed by atoms with Crippen molar-refractivity contribution in [3.8, 4) is 5.75 Å². The number of nitrogens with zero attached hydrogens (tertiary/aromatic N) is 1. The summed E-state index contributed by atoms with van der Waals surface area (Å²) in [7, 11) is -3.84. The van der Waals surface area contributed by atoms with E-state index in [9.17, 15) is 17.6 Å². The molecule has 1 atom stereocenters. The highest BCUT2D eigenvalue weighted by Crippen LogP contribution is 2.27. The number of ether oxygens (including phenoxy) is 1. The third kappa shape index (κ3) is 5.69. The van der Waals surface area contributed by atoms with Gasteiger partial charge < -0.3 is 10.1 Å². The van der Waals surface area contributed by atoms with Crippen LogP contribution in [-0.4, -0.2) is 39.8 Å². The fourth-order valence-electron chi connectivity index (χ4n) is 3.40. The molecule has 0 radical (unpaired) electrons. The number of hydrogen-bond acceptors (Lipinski definition) is 4. The number of nitrogens with one attached hydrogen (secondary N) is 1. The molecule has 3 aromatic rings. The van der Waals surface area contributed by atoms with Crippen molar-refractivity contribution in [3.63, 3.8) is 0 Å². The molecule has 0 saturated carbocycles. The summed E-state index contributed by atoms with van der Waals surface area (Å²) in [6.07, 6.45) is 1.20. The van der Waals surface area contributed by atoms with Gasteiger partial charge in [0.15, 0.2) is 0 Å². The van der Waals surface area contributed by atoms with Crippen molar-refractivity contribution in [1.29, 1.82) is 0 Å². The highest BCUT2D eigenvalue weighted by Gasteiger charge is 2.31. The molecule has 0 fully saturated rings. The minimum Gasteiger partial charge on any atom is -0.492 e. The molecule has 6 nitrogen and oxygen atoms in total. The number of halogens is 2. The second-order valence-corrected chi connectivity index (χ2v) is 9.50. The van der Waals surface area contributed by atoms with Crippen molar-refractivity contribution in [2.24, 2.45) is 0 Å². The van der Waals surface area contributed by atoms with Crippen LogP contribution in [0, 0.1) is 5.82 Å².